The minimum absolute atomic E-state index is 0.0343. The van der Waals surface area contributed by atoms with E-state index in [0.29, 0.717) is 59.3 Å². The van der Waals surface area contributed by atoms with Crippen molar-refractivity contribution in [2.45, 2.75) is 40.3 Å². The van der Waals surface area contributed by atoms with E-state index in [1.54, 1.807) is 18.3 Å². The SMILES string of the molecule is C/C(=C\c1cc(C)c(Oc2ccc(OCc3ccccc3Cl)cn2)c(Cl)c1)C(=O)N1CCN(Cc2ccc(CCOc3ccc(C)cc3)cc2)CC1.O=C(O)C(=O)O. The number of hydrogen-bond acceptors (Lipinski definition) is 8. The van der Waals surface area contributed by atoms with Gasteiger partial charge in [-0.3, -0.25) is 9.69 Å². The van der Waals surface area contributed by atoms with Gasteiger partial charge in [-0.15, -0.1) is 0 Å². The second kappa shape index (κ2) is 21.0. The van der Waals surface area contributed by atoms with E-state index in [1.807, 2.05) is 73.4 Å². The number of rotatable bonds is 13. The third-order valence-corrected chi connectivity index (χ3v) is 9.84. The Morgan fingerprint density at radius 2 is 1.43 bits per heavy atom. The van der Waals surface area contributed by atoms with E-state index in [1.165, 1.54) is 16.7 Å². The Kier molecular flexibility index (Phi) is 15.7. The van der Waals surface area contributed by atoms with Gasteiger partial charge in [-0.05, 0) is 85.5 Å². The Morgan fingerprint density at radius 1 is 0.776 bits per heavy atom. The number of carbonyl (C=O) groups excluding carboxylic acids is 1. The monoisotopic (exact) mass is 825 g/mol. The summed E-state index contributed by atoms with van der Waals surface area (Å²) in [5.74, 6) is -1.21. The number of aromatic nitrogens is 1. The summed E-state index contributed by atoms with van der Waals surface area (Å²) in [4.78, 5) is 40.3. The first-order valence-corrected chi connectivity index (χ1v) is 19.3. The molecule has 1 saturated heterocycles. The zero-order valence-electron chi connectivity index (χ0n) is 32.5. The van der Waals surface area contributed by atoms with Crippen molar-refractivity contribution in [1.82, 2.24) is 14.8 Å². The van der Waals surface area contributed by atoms with E-state index in [2.05, 4.69) is 53.2 Å². The molecule has 1 amide bonds. The van der Waals surface area contributed by atoms with E-state index >= 15 is 0 Å². The summed E-state index contributed by atoms with van der Waals surface area (Å²) in [5, 5.41) is 15.9. The number of carbonyl (C=O) groups is 3. The standard InChI is InChI=1S/C43H43Cl2N3O4.C2H2O4/c1-30-8-14-37(15-9-30)50-23-18-33-10-12-34(13-11-33)28-47-19-21-48(22-20-47)43(49)32(3)25-35-24-31(2)42(40(45)26-35)52-41-17-16-38(27-46-41)51-29-36-6-4-5-7-39(36)44;3-1(4)2(5)6/h4-17,24-27H,18-23,28-29H2,1-3H3;(H,3,4)(H,5,6)/b32-25+;. The number of carboxylic acid groups (broad SMARTS) is 2. The molecule has 11 nitrogen and oxygen atoms in total. The molecule has 0 aliphatic carbocycles. The van der Waals surface area contributed by atoms with Crippen molar-refractivity contribution in [3.8, 4) is 23.1 Å². The summed E-state index contributed by atoms with van der Waals surface area (Å²) in [6.07, 6.45) is 4.35. The number of amides is 1. The number of aryl methyl sites for hydroxylation is 2. The second-order valence-corrected chi connectivity index (χ2v) is 14.5. The Morgan fingerprint density at radius 3 is 2.05 bits per heavy atom. The number of carboxylic acids is 2. The fraction of sp³-hybridized carbons (Fsp3) is 0.244. The van der Waals surface area contributed by atoms with Gasteiger partial charge in [0.1, 0.15) is 18.1 Å². The molecular weight excluding hydrogens is 781 g/mol. The Balaban J connectivity index is 0.000000992. The lowest BCUT2D eigenvalue weighted by Crippen LogP contribution is -2.48. The van der Waals surface area contributed by atoms with Crippen molar-refractivity contribution in [2.24, 2.45) is 0 Å². The molecule has 302 valence electrons. The predicted octanol–water partition coefficient (Wildman–Crippen LogP) is 8.90. The van der Waals surface area contributed by atoms with E-state index in [4.69, 9.17) is 57.2 Å². The zero-order chi connectivity index (χ0) is 41.6. The smallest absolute Gasteiger partial charge is 0.414 e. The molecule has 1 aliphatic heterocycles. The van der Waals surface area contributed by atoms with E-state index in [9.17, 15) is 4.79 Å². The first kappa shape index (κ1) is 43.2. The van der Waals surface area contributed by atoms with Crippen LogP contribution in [0.2, 0.25) is 10.0 Å². The molecule has 0 bridgehead atoms. The van der Waals surface area contributed by atoms with Gasteiger partial charge in [-0.2, -0.15) is 0 Å². The number of halogens is 2. The quantitative estimate of drug-likeness (QED) is 0.0875. The third-order valence-electron chi connectivity index (χ3n) is 9.19. The van der Waals surface area contributed by atoms with Gasteiger partial charge < -0.3 is 29.3 Å². The van der Waals surface area contributed by atoms with Gasteiger partial charge >= 0.3 is 11.9 Å². The molecule has 13 heteroatoms. The van der Waals surface area contributed by atoms with Gasteiger partial charge in [0.25, 0.3) is 0 Å². The summed E-state index contributed by atoms with van der Waals surface area (Å²) in [6, 6.07) is 31.7. The topological polar surface area (TPSA) is 139 Å². The van der Waals surface area contributed by atoms with Crippen LogP contribution in [0.4, 0.5) is 0 Å². The van der Waals surface area contributed by atoms with Crippen LogP contribution in [-0.4, -0.2) is 75.6 Å². The Labute approximate surface area is 348 Å². The molecule has 58 heavy (non-hydrogen) atoms. The molecule has 6 rings (SSSR count). The molecule has 0 spiro atoms. The van der Waals surface area contributed by atoms with Crippen LogP contribution < -0.4 is 14.2 Å². The number of nitrogens with zero attached hydrogens (tertiary/aromatic N) is 3. The van der Waals surface area contributed by atoms with Crippen LogP contribution in [0.5, 0.6) is 23.1 Å². The number of piperazine rings is 1. The van der Waals surface area contributed by atoms with Crippen molar-refractivity contribution < 1.29 is 38.8 Å². The summed E-state index contributed by atoms with van der Waals surface area (Å²) >= 11 is 12.9. The molecule has 0 saturated carbocycles. The molecule has 1 fully saturated rings. The van der Waals surface area contributed by atoms with Gasteiger partial charge in [0.15, 0.2) is 5.75 Å². The number of ether oxygens (including phenoxy) is 3. The highest BCUT2D eigenvalue weighted by atomic mass is 35.5. The van der Waals surface area contributed by atoms with Gasteiger partial charge in [-0.1, -0.05) is 83.4 Å². The van der Waals surface area contributed by atoms with Crippen LogP contribution in [0, 0.1) is 13.8 Å². The molecule has 2 N–H and O–H groups in total. The van der Waals surface area contributed by atoms with Gasteiger partial charge in [0, 0.05) is 61.4 Å². The molecule has 0 unspecified atom stereocenters. The van der Waals surface area contributed by atoms with Crippen molar-refractivity contribution in [3.63, 3.8) is 0 Å². The normalized spacial score (nSPS) is 12.9. The van der Waals surface area contributed by atoms with Crippen molar-refractivity contribution in [3.05, 3.63) is 152 Å². The van der Waals surface area contributed by atoms with Crippen molar-refractivity contribution in [1.29, 1.82) is 0 Å². The summed E-state index contributed by atoms with van der Waals surface area (Å²) in [7, 11) is 0. The largest absolute Gasteiger partial charge is 0.493 e. The molecule has 0 radical (unpaired) electrons. The summed E-state index contributed by atoms with van der Waals surface area (Å²) in [6.45, 7) is 10.7. The van der Waals surface area contributed by atoms with Gasteiger partial charge in [0.05, 0.1) is 17.8 Å². The van der Waals surface area contributed by atoms with Crippen LogP contribution in [-0.2, 0) is 34.0 Å². The van der Waals surface area contributed by atoms with E-state index < -0.39 is 11.9 Å². The second-order valence-electron chi connectivity index (χ2n) is 13.7. The van der Waals surface area contributed by atoms with Crippen LogP contribution in [0.1, 0.15) is 40.3 Å². The minimum atomic E-state index is -1.82. The third kappa shape index (κ3) is 13.1. The molecule has 5 aromatic rings. The summed E-state index contributed by atoms with van der Waals surface area (Å²) < 4.78 is 17.8. The molecular formula is C45H45Cl2N3O8. The Hall–Kier alpha value is -5.88. The maximum atomic E-state index is 13.4. The summed E-state index contributed by atoms with van der Waals surface area (Å²) in [5.41, 5.74) is 6.97. The molecule has 1 aromatic heterocycles. The lowest BCUT2D eigenvalue weighted by Gasteiger charge is -2.35. The highest BCUT2D eigenvalue weighted by Crippen LogP contribution is 2.34. The highest BCUT2D eigenvalue weighted by molar-refractivity contribution is 6.32. The highest BCUT2D eigenvalue weighted by Gasteiger charge is 2.22. The van der Waals surface area contributed by atoms with Crippen molar-refractivity contribution >= 4 is 47.1 Å². The fourth-order valence-electron chi connectivity index (χ4n) is 6.02. The zero-order valence-corrected chi connectivity index (χ0v) is 34.0. The van der Waals surface area contributed by atoms with Gasteiger partial charge in [-0.25, -0.2) is 14.6 Å². The maximum Gasteiger partial charge on any atom is 0.414 e. The number of aliphatic carboxylic acids is 2. The van der Waals surface area contributed by atoms with Crippen LogP contribution in [0.3, 0.4) is 0 Å². The first-order valence-electron chi connectivity index (χ1n) is 18.6. The molecule has 2 heterocycles. The fourth-order valence-corrected chi connectivity index (χ4v) is 6.53. The average molecular weight is 827 g/mol. The average Bonchev–Trinajstić information content (AvgIpc) is 3.21. The molecule has 0 atom stereocenters. The molecule has 4 aromatic carbocycles. The van der Waals surface area contributed by atoms with Crippen LogP contribution in [0.25, 0.3) is 6.08 Å². The van der Waals surface area contributed by atoms with Crippen molar-refractivity contribution in [2.75, 3.05) is 32.8 Å². The van der Waals surface area contributed by atoms with Crippen LogP contribution >= 0.6 is 23.2 Å². The molecule has 1 aliphatic rings. The van der Waals surface area contributed by atoms with E-state index in [0.717, 1.165) is 48.5 Å². The first-order chi connectivity index (χ1) is 27.8. The number of hydrogen-bond donors (Lipinski definition) is 2. The maximum absolute atomic E-state index is 13.4. The predicted molar refractivity (Wildman–Crippen MR) is 224 cm³/mol. The number of pyridine rings is 1. The van der Waals surface area contributed by atoms with Gasteiger partial charge in [0.2, 0.25) is 11.8 Å². The lowest BCUT2D eigenvalue weighted by molar-refractivity contribution is -0.159. The number of benzene rings is 4. The minimum Gasteiger partial charge on any atom is -0.493 e. The lowest BCUT2D eigenvalue weighted by atomic mass is 10.1. The van der Waals surface area contributed by atoms with E-state index in [-0.39, 0.29) is 5.91 Å². The Bertz CT molecular complexity index is 2170. The van der Waals surface area contributed by atoms with Crippen LogP contribution in [0.15, 0.2) is 109 Å².